The summed E-state index contributed by atoms with van der Waals surface area (Å²) in [6, 6.07) is 5.68. The van der Waals surface area contributed by atoms with Gasteiger partial charge in [-0.15, -0.1) is 0 Å². The van der Waals surface area contributed by atoms with Crippen LogP contribution in [0.5, 0.6) is 11.6 Å². The van der Waals surface area contributed by atoms with E-state index in [9.17, 15) is 23.3 Å². The Morgan fingerprint density at radius 1 is 1.24 bits per heavy atom. The molecule has 1 heterocycles. The molecule has 0 amide bonds. The first-order valence-corrected chi connectivity index (χ1v) is 5.68. The van der Waals surface area contributed by atoms with Gasteiger partial charge < -0.3 is 4.74 Å². The fourth-order valence-electron chi connectivity index (χ4n) is 1.40. The van der Waals surface area contributed by atoms with E-state index in [2.05, 4.69) is 9.97 Å². The molecule has 0 saturated carbocycles. The van der Waals surface area contributed by atoms with E-state index in [1.807, 2.05) is 0 Å². The number of alkyl halides is 3. The van der Waals surface area contributed by atoms with E-state index in [-0.39, 0.29) is 5.75 Å². The number of ether oxygens (including phenoxy) is 1. The molecule has 21 heavy (non-hydrogen) atoms. The molecule has 1 aromatic heterocycles. The minimum absolute atomic E-state index is 0.259. The number of hydrogen-bond acceptors (Lipinski definition) is 5. The van der Waals surface area contributed by atoms with Crippen molar-refractivity contribution < 1.29 is 22.8 Å². The molecule has 6 nitrogen and oxygen atoms in total. The highest BCUT2D eigenvalue weighted by Crippen LogP contribution is 2.34. The van der Waals surface area contributed by atoms with E-state index in [4.69, 9.17) is 16.3 Å². The topological polar surface area (TPSA) is 78.2 Å². The minimum Gasteiger partial charge on any atom is -0.432 e. The SMILES string of the molecule is O=[N+]([O-])c1ccccc1Oc1cc(C(F)(F)F)nc(Cl)n1. The van der Waals surface area contributed by atoms with Gasteiger partial charge in [-0.1, -0.05) is 12.1 Å². The van der Waals surface area contributed by atoms with E-state index >= 15 is 0 Å². The average molecular weight is 320 g/mol. The number of aromatic nitrogens is 2. The summed E-state index contributed by atoms with van der Waals surface area (Å²) >= 11 is 5.39. The fourth-order valence-corrected chi connectivity index (χ4v) is 1.58. The lowest BCUT2D eigenvalue weighted by Crippen LogP contribution is -2.09. The van der Waals surface area contributed by atoms with Gasteiger partial charge in [0.1, 0.15) is 0 Å². The molecule has 0 saturated heterocycles. The molecule has 0 spiro atoms. The molecule has 0 unspecified atom stereocenters. The van der Waals surface area contributed by atoms with Crippen LogP contribution in [-0.2, 0) is 6.18 Å². The van der Waals surface area contributed by atoms with Gasteiger partial charge in [-0.2, -0.15) is 18.2 Å². The maximum absolute atomic E-state index is 12.6. The fraction of sp³-hybridized carbons (Fsp3) is 0.0909. The molecule has 2 aromatic rings. The number of nitrogens with zero attached hydrogens (tertiary/aromatic N) is 3. The third-order valence-electron chi connectivity index (χ3n) is 2.24. The molecule has 0 aliphatic heterocycles. The van der Waals surface area contributed by atoms with Gasteiger partial charge in [-0.3, -0.25) is 10.1 Å². The second-order valence-electron chi connectivity index (χ2n) is 3.69. The van der Waals surface area contributed by atoms with Crippen molar-refractivity contribution in [2.75, 3.05) is 0 Å². The molecule has 0 fully saturated rings. The summed E-state index contributed by atoms with van der Waals surface area (Å²) in [5.41, 5.74) is -1.73. The smallest absolute Gasteiger partial charge is 0.432 e. The lowest BCUT2D eigenvalue weighted by molar-refractivity contribution is -0.385. The molecule has 110 valence electrons. The van der Waals surface area contributed by atoms with Crippen LogP contribution in [0.4, 0.5) is 18.9 Å². The Morgan fingerprint density at radius 3 is 2.52 bits per heavy atom. The number of nitro benzene ring substituents is 1. The Kier molecular flexibility index (Phi) is 3.94. The first-order valence-electron chi connectivity index (χ1n) is 5.30. The predicted molar refractivity (Wildman–Crippen MR) is 65.2 cm³/mol. The van der Waals surface area contributed by atoms with E-state index in [1.54, 1.807) is 0 Å². The van der Waals surface area contributed by atoms with Crippen LogP contribution in [-0.4, -0.2) is 14.9 Å². The van der Waals surface area contributed by atoms with Gasteiger partial charge in [0.05, 0.1) is 4.92 Å². The molecule has 1 aromatic carbocycles. The second kappa shape index (κ2) is 5.52. The zero-order valence-corrected chi connectivity index (χ0v) is 10.7. The summed E-state index contributed by atoms with van der Waals surface area (Å²) in [5.74, 6) is -0.804. The summed E-state index contributed by atoms with van der Waals surface area (Å²) in [6.07, 6.45) is -4.74. The van der Waals surface area contributed by atoms with E-state index in [1.165, 1.54) is 18.2 Å². The zero-order valence-electron chi connectivity index (χ0n) is 9.96. The summed E-state index contributed by atoms with van der Waals surface area (Å²) in [6.45, 7) is 0. The van der Waals surface area contributed by atoms with Crippen molar-refractivity contribution in [1.29, 1.82) is 0 Å². The number of hydrogen-bond donors (Lipinski definition) is 0. The third-order valence-corrected chi connectivity index (χ3v) is 2.41. The Labute approximate surface area is 120 Å². The normalized spacial score (nSPS) is 11.2. The van der Waals surface area contributed by atoms with Gasteiger partial charge >= 0.3 is 11.9 Å². The molecular weight excluding hydrogens is 315 g/mol. The Hall–Kier alpha value is -2.42. The van der Waals surface area contributed by atoms with Crippen LogP contribution in [0.1, 0.15) is 5.69 Å². The van der Waals surface area contributed by atoms with Crippen LogP contribution in [0.2, 0.25) is 5.28 Å². The molecule has 0 atom stereocenters. The number of para-hydroxylation sites is 2. The monoisotopic (exact) mass is 319 g/mol. The third kappa shape index (κ3) is 3.57. The molecule has 0 aliphatic carbocycles. The van der Waals surface area contributed by atoms with Crippen LogP contribution >= 0.6 is 11.6 Å². The lowest BCUT2D eigenvalue weighted by atomic mass is 10.3. The Balaban J connectivity index is 2.41. The largest absolute Gasteiger partial charge is 0.433 e. The highest BCUT2D eigenvalue weighted by Gasteiger charge is 2.34. The lowest BCUT2D eigenvalue weighted by Gasteiger charge is -2.09. The van der Waals surface area contributed by atoms with Crippen LogP contribution in [0.15, 0.2) is 30.3 Å². The van der Waals surface area contributed by atoms with Gasteiger partial charge in [0.25, 0.3) is 0 Å². The number of rotatable bonds is 3. The van der Waals surface area contributed by atoms with Crippen molar-refractivity contribution in [3.05, 3.63) is 51.4 Å². The van der Waals surface area contributed by atoms with Crippen molar-refractivity contribution in [2.45, 2.75) is 6.18 Å². The highest BCUT2D eigenvalue weighted by atomic mass is 35.5. The van der Waals surface area contributed by atoms with Crippen LogP contribution in [0.25, 0.3) is 0 Å². The molecule has 0 bridgehead atoms. The van der Waals surface area contributed by atoms with Crippen molar-refractivity contribution in [2.24, 2.45) is 0 Å². The van der Waals surface area contributed by atoms with Crippen LogP contribution in [0, 0.1) is 10.1 Å². The first kappa shape index (κ1) is 15.0. The van der Waals surface area contributed by atoms with E-state index in [0.717, 1.165) is 6.07 Å². The van der Waals surface area contributed by atoms with Crippen molar-refractivity contribution in [1.82, 2.24) is 9.97 Å². The summed E-state index contributed by atoms with van der Waals surface area (Å²) < 4.78 is 42.8. The predicted octanol–water partition coefficient (Wildman–Crippen LogP) is 3.85. The number of halogens is 4. The van der Waals surface area contributed by atoms with Gasteiger partial charge in [0.2, 0.25) is 16.9 Å². The average Bonchev–Trinajstić information content (AvgIpc) is 2.37. The van der Waals surface area contributed by atoms with Crippen LogP contribution in [0.3, 0.4) is 0 Å². The maximum atomic E-state index is 12.6. The van der Waals surface area contributed by atoms with Crippen molar-refractivity contribution in [3.63, 3.8) is 0 Å². The molecule has 10 heteroatoms. The Bertz CT molecular complexity index is 694. The Morgan fingerprint density at radius 2 is 1.90 bits per heavy atom. The standard InChI is InChI=1S/C11H5ClF3N3O3/c12-10-16-8(11(13,14)15)5-9(17-10)21-7-4-2-1-3-6(7)18(19)20/h1-5H. The highest BCUT2D eigenvalue weighted by molar-refractivity contribution is 6.28. The number of nitro groups is 1. The van der Waals surface area contributed by atoms with Crippen LogP contribution < -0.4 is 4.74 Å². The van der Waals surface area contributed by atoms with Gasteiger partial charge in [0, 0.05) is 12.1 Å². The molecule has 0 aliphatic rings. The maximum Gasteiger partial charge on any atom is 0.433 e. The minimum atomic E-state index is -4.74. The summed E-state index contributed by atoms with van der Waals surface area (Å²) in [7, 11) is 0. The van der Waals surface area contributed by atoms with Crippen molar-refractivity contribution in [3.8, 4) is 11.6 Å². The first-order chi connectivity index (χ1) is 9.77. The molecular formula is C11H5ClF3N3O3. The van der Waals surface area contributed by atoms with Crippen molar-refractivity contribution >= 4 is 17.3 Å². The zero-order chi connectivity index (χ0) is 15.6. The van der Waals surface area contributed by atoms with Gasteiger partial charge in [-0.25, -0.2) is 4.98 Å². The van der Waals surface area contributed by atoms with E-state index < -0.39 is 33.6 Å². The molecule has 2 rings (SSSR count). The van der Waals surface area contributed by atoms with Gasteiger partial charge in [0.15, 0.2) is 5.69 Å². The molecule has 0 N–H and O–H groups in total. The quantitative estimate of drug-likeness (QED) is 0.488. The summed E-state index contributed by atoms with van der Waals surface area (Å²) in [5, 5.41) is 10.1. The summed E-state index contributed by atoms with van der Waals surface area (Å²) in [4.78, 5) is 16.5. The second-order valence-corrected chi connectivity index (χ2v) is 4.02. The van der Waals surface area contributed by atoms with E-state index in [0.29, 0.717) is 6.07 Å². The molecule has 0 radical (unpaired) electrons. The van der Waals surface area contributed by atoms with Gasteiger partial charge in [-0.05, 0) is 17.7 Å². The number of benzene rings is 1.